The maximum absolute atomic E-state index is 8.49. The molecule has 2 nitrogen and oxygen atoms in total. The minimum absolute atomic E-state index is 0.357. The van der Waals surface area contributed by atoms with E-state index in [9.17, 15) is 0 Å². The highest BCUT2D eigenvalue weighted by molar-refractivity contribution is 4.83. The Morgan fingerprint density at radius 2 is 2.10 bits per heavy atom. The van der Waals surface area contributed by atoms with Gasteiger partial charge >= 0.3 is 0 Å². The summed E-state index contributed by atoms with van der Waals surface area (Å²) in [6, 6.07) is 0.842. The molecule has 1 aliphatic rings. The van der Waals surface area contributed by atoms with Crippen LogP contribution in [0.15, 0.2) is 0 Å². The molecule has 1 saturated heterocycles. The second kappa shape index (κ2) is 3.94. The first kappa shape index (κ1) is 8.02. The largest absolute Gasteiger partial charge is 0.396 e. The van der Waals surface area contributed by atoms with Crippen LogP contribution in [-0.4, -0.2) is 35.7 Å². The predicted octanol–water partition coefficient (Wildman–Crippen LogP) is 0.853. The van der Waals surface area contributed by atoms with Crippen LogP contribution in [0.3, 0.4) is 0 Å². The molecule has 10 heavy (non-hydrogen) atoms. The van der Waals surface area contributed by atoms with Gasteiger partial charge in [0.1, 0.15) is 0 Å². The highest BCUT2D eigenvalue weighted by Gasteiger charge is 2.27. The van der Waals surface area contributed by atoms with Crippen molar-refractivity contribution in [2.45, 2.75) is 32.2 Å². The Kier molecular flexibility index (Phi) is 3.16. The molecule has 2 heteroatoms. The second-order valence-corrected chi connectivity index (χ2v) is 3.13. The fraction of sp³-hybridized carbons (Fsp3) is 1.00. The van der Waals surface area contributed by atoms with Crippen LogP contribution >= 0.6 is 0 Å². The average molecular weight is 143 g/mol. The van der Waals surface area contributed by atoms with Crippen LogP contribution in [0.25, 0.3) is 0 Å². The zero-order chi connectivity index (χ0) is 7.40. The molecule has 0 aromatic rings. The first-order valence-corrected chi connectivity index (χ1v) is 4.19. The number of rotatable bonds is 5. The van der Waals surface area contributed by atoms with Crippen LogP contribution < -0.4 is 0 Å². The number of hydrogen-bond acceptors (Lipinski definition) is 2. The summed E-state index contributed by atoms with van der Waals surface area (Å²) in [7, 11) is 0. The van der Waals surface area contributed by atoms with Crippen LogP contribution in [0.4, 0.5) is 0 Å². The first-order valence-electron chi connectivity index (χ1n) is 4.19. The highest BCUT2D eigenvalue weighted by atomic mass is 16.2. The van der Waals surface area contributed by atoms with E-state index in [0.717, 1.165) is 12.5 Å². The monoisotopic (exact) mass is 143 g/mol. The van der Waals surface area contributed by atoms with Crippen molar-refractivity contribution in [3.8, 4) is 0 Å². The van der Waals surface area contributed by atoms with Crippen molar-refractivity contribution < 1.29 is 5.11 Å². The molecular formula is C8H17NO. The van der Waals surface area contributed by atoms with E-state index < -0.39 is 0 Å². The van der Waals surface area contributed by atoms with Gasteiger partial charge in [-0.15, -0.1) is 0 Å². The van der Waals surface area contributed by atoms with Gasteiger partial charge in [0.05, 0.1) is 0 Å². The van der Waals surface area contributed by atoms with E-state index in [2.05, 4.69) is 11.8 Å². The molecule has 0 aromatic heterocycles. The minimum atomic E-state index is 0.357. The summed E-state index contributed by atoms with van der Waals surface area (Å²) >= 11 is 0. The minimum Gasteiger partial charge on any atom is -0.396 e. The normalized spacial score (nSPS) is 30.6. The zero-order valence-corrected chi connectivity index (χ0v) is 6.71. The number of hydrogen-bond donors (Lipinski definition) is 1. The molecule has 2 unspecified atom stereocenters. The molecule has 0 saturated carbocycles. The first-order chi connectivity index (χ1) is 4.84. The van der Waals surface area contributed by atoms with Crippen LogP contribution in [0, 0.1) is 0 Å². The van der Waals surface area contributed by atoms with Gasteiger partial charge in [0, 0.05) is 19.2 Å². The van der Waals surface area contributed by atoms with E-state index in [4.69, 9.17) is 5.11 Å². The standard InChI is InChI=1S/C8H17NO/c1-8-7-9(8)5-3-2-4-6-10/h8,10H,2-7H2,1H3. The van der Waals surface area contributed by atoms with E-state index in [1.165, 1.54) is 25.9 Å². The lowest BCUT2D eigenvalue weighted by Gasteiger charge is -1.99. The molecule has 0 spiro atoms. The van der Waals surface area contributed by atoms with E-state index >= 15 is 0 Å². The molecular weight excluding hydrogens is 126 g/mol. The quantitative estimate of drug-likeness (QED) is 0.455. The molecule has 0 aromatic carbocycles. The number of aliphatic hydroxyl groups is 1. The van der Waals surface area contributed by atoms with Crippen molar-refractivity contribution in [1.82, 2.24) is 4.90 Å². The summed E-state index contributed by atoms with van der Waals surface area (Å²) in [5.74, 6) is 0. The Labute approximate surface area is 62.8 Å². The molecule has 0 amide bonds. The van der Waals surface area contributed by atoms with Gasteiger partial charge in [-0.3, -0.25) is 4.90 Å². The maximum Gasteiger partial charge on any atom is 0.0431 e. The van der Waals surface area contributed by atoms with Gasteiger partial charge in [0.15, 0.2) is 0 Å². The molecule has 1 N–H and O–H groups in total. The smallest absolute Gasteiger partial charge is 0.0431 e. The van der Waals surface area contributed by atoms with Crippen LogP contribution in [0.5, 0.6) is 0 Å². The molecule has 1 aliphatic heterocycles. The second-order valence-electron chi connectivity index (χ2n) is 3.13. The fourth-order valence-electron chi connectivity index (χ4n) is 1.21. The third-order valence-corrected chi connectivity index (χ3v) is 2.09. The van der Waals surface area contributed by atoms with Gasteiger partial charge in [-0.25, -0.2) is 0 Å². The van der Waals surface area contributed by atoms with Crippen LogP contribution in [0.1, 0.15) is 26.2 Å². The van der Waals surface area contributed by atoms with Gasteiger partial charge < -0.3 is 5.11 Å². The average Bonchev–Trinajstić information content (AvgIpc) is 2.60. The summed E-state index contributed by atoms with van der Waals surface area (Å²) in [6.07, 6.45) is 3.41. The Hall–Kier alpha value is -0.0800. The van der Waals surface area contributed by atoms with E-state index in [0.29, 0.717) is 6.61 Å². The zero-order valence-electron chi connectivity index (χ0n) is 6.71. The lowest BCUT2D eigenvalue weighted by Crippen LogP contribution is -2.01. The van der Waals surface area contributed by atoms with Gasteiger partial charge in [0.25, 0.3) is 0 Å². The van der Waals surface area contributed by atoms with Crippen molar-refractivity contribution in [3.05, 3.63) is 0 Å². The number of unbranched alkanes of at least 4 members (excludes halogenated alkanes) is 2. The summed E-state index contributed by atoms with van der Waals surface area (Å²) in [5.41, 5.74) is 0. The fourth-order valence-corrected chi connectivity index (χ4v) is 1.21. The summed E-state index contributed by atoms with van der Waals surface area (Å²) in [4.78, 5) is 2.46. The topological polar surface area (TPSA) is 23.2 Å². The number of aliphatic hydroxyl groups excluding tert-OH is 1. The maximum atomic E-state index is 8.49. The third kappa shape index (κ3) is 2.67. The summed E-state index contributed by atoms with van der Waals surface area (Å²) in [6.45, 7) is 5.14. The Balaban J connectivity index is 1.78. The van der Waals surface area contributed by atoms with E-state index in [1.54, 1.807) is 0 Å². The van der Waals surface area contributed by atoms with Crippen molar-refractivity contribution in [2.24, 2.45) is 0 Å². The molecule has 1 fully saturated rings. The lowest BCUT2D eigenvalue weighted by atomic mass is 10.2. The van der Waals surface area contributed by atoms with Crippen molar-refractivity contribution >= 4 is 0 Å². The van der Waals surface area contributed by atoms with Crippen molar-refractivity contribution in [3.63, 3.8) is 0 Å². The van der Waals surface area contributed by atoms with Gasteiger partial charge in [-0.05, 0) is 32.7 Å². The van der Waals surface area contributed by atoms with Crippen LogP contribution in [0.2, 0.25) is 0 Å². The van der Waals surface area contributed by atoms with Crippen molar-refractivity contribution in [2.75, 3.05) is 19.7 Å². The molecule has 60 valence electrons. The predicted molar refractivity (Wildman–Crippen MR) is 42.0 cm³/mol. The molecule has 0 bridgehead atoms. The van der Waals surface area contributed by atoms with Gasteiger partial charge in [-0.2, -0.15) is 0 Å². The van der Waals surface area contributed by atoms with Crippen LogP contribution in [-0.2, 0) is 0 Å². The molecule has 0 radical (unpaired) electrons. The summed E-state index contributed by atoms with van der Waals surface area (Å²) < 4.78 is 0. The molecule has 1 rings (SSSR count). The molecule has 1 heterocycles. The van der Waals surface area contributed by atoms with E-state index in [-0.39, 0.29) is 0 Å². The third-order valence-electron chi connectivity index (χ3n) is 2.09. The van der Waals surface area contributed by atoms with Crippen molar-refractivity contribution in [1.29, 1.82) is 0 Å². The molecule has 2 atom stereocenters. The van der Waals surface area contributed by atoms with Gasteiger partial charge in [0.2, 0.25) is 0 Å². The highest BCUT2D eigenvalue weighted by Crippen LogP contribution is 2.16. The molecule has 0 aliphatic carbocycles. The van der Waals surface area contributed by atoms with E-state index in [1.807, 2.05) is 0 Å². The number of nitrogens with zero attached hydrogens (tertiary/aromatic N) is 1. The Morgan fingerprint density at radius 3 is 2.60 bits per heavy atom. The SMILES string of the molecule is CC1CN1CCCCCO. The Bertz CT molecular complexity index is 95.3. The summed E-state index contributed by atoms with van der Waals surface area (Å²) in [5, 5.41) is 8.49. The lowest BCUT2D eigenvalue weighted by molar-refractivity contribution is 0.281. The van der Waals surface area contributed by atoms with Gasteiger partial charge in [-0.1, -0.05) is 0 Å². The Morgan fingerprint density at radius 1 is 1.40 bits per heavy atom.